The zero-order valence-electron chi connectivity index (χ0n) is 10.9. The van der Waals surface area contributed by atoms with Crippen LogP contribution in [0.25, 0.3) is 0 Å². The first kappa shape index (κ1) is 12.8. The van der Waals surface area contributed by atoms with Crippen LogP contribution in [-0.4, -0.2) is 15.0 Å². The molecule has 2 aromatic rings. The fourth-order valence-electron chi connectivity index (χ4n) is 1.52. The maximum absolute atomic E-state index is 5.80. The van der Waals surface area contributed by atoms with Crippen molar-refractivity contribution in [2.24, 2.45) is 0 Å². The van der Waals surface area contributed by atoms with Crippen LogP contribution in [0.5, 0.6) is 11.6 Å². The van der Waals surface area contributed by atoms with E-state index in [0.717, 1.165) is 9.88 Å². The van der Waals surface area contributed by atoms with Crippen LogP contribution in [0.2, 0.25) is 0 Å². The first-order chi connectivity index (χ1) is 8.47. The van der Waals surface area contributed by atoms with Gasteiger partial charge >= 0.3 is 0 Å². The van der Waals surface area contributed by atoms with E-state index in [9.17, 15) is 0 Å². The average molecular weight is 264 g/mol. The Morgan fingerprint density at radius 1 is 1.28 bits per heavy atom. The molecule has 0 atom stereocenters. The molecule has 5 nitrogen and oxygen atoms in total. The number of rotatable bonds is 3. The monoisotopic (exact) mass is 264 g/mol. The van der Waals surface area contributed by atoms with Crippen LogP contribution in [0.4, 0.5) is 5.82 Å². The molecule has 0 unspecified atom stereocenters. The number of hydrogen-bond donors (Lipinski definition) is 1. The first-order valence-corrected chi connectivity index (χ1v) is 6.53. The molecule has 0 spiro atoms. The molecular weight excluding hydrogens is 248 g/mol. The lowest BCUT2D eigenvalue weighted by Gasteiger charge is -2.08. The van der Waals surface area contributed by atoms with Gasteiger partial charge in [0.1, 0.15) is 5.82 Å². The third-order valence-electron chi connectivity index (χ3n) is 2.36. The zero-order chi connectivity index (χ0) is 13.3. The minimum atomic E-state index is 0.336. The molecule has 18 heavy (non-hydrogen) atoms. The molecule has 0 radical (unpaired) electrons. The second-order valence-corrected chi connectivity index (χ2v) is 5.56. The molecular formula is C12H16N4OS. The van der Waals surface area contributed by atoms with E-state index in [1.54, 1.807) is 24.5 Å². The van der Waals surface area contributed by atoms with Gasteiger partial charge in [-0.25, -0.2) is 15.0 Å². The van der Waals surface area contributed by atoms with Gasteiger partial charge in [-0.3, -0.25) is 0 Å². The van der Waals surface area contributed by atoms with Gasteiger partial charge in [-0.05, 0) is 19.8 Å². The van der Waals surface area contributed by atoms with Gasteiger partial charge in [-0.2, -0.15) is 0 Å². The van der Waals surface area contributed by atoms with Gasteiger partial charge < -0.3 is 10.5 Å². The maximum Gasteiger partial charge on any atom is 0.234 e. The van der Waals surface area contributed by atoms with E-state index < -0.39 is 0 Å². The van der Waals surface area contributed by atoms with E-state index in [2.05, 4.69) is 28.8 Å². The van der Waals surface area contributed by atoms with Crippen LogP contribution in [0, 0.1) is 13.8 Å². The quantitative estimate of drug-likeness (QED) is 0.922. The molecule has 2 heterocycles. The van der Waals surface area contributed by atoms with E-state index in [1.807, 2.05) is 6.92 Å². The number of nitrogen functional groups attached to an aromatic ring is 1. The second kappa shape index (κ2) is 4.89. The molecule has 2 N–H and O–H groups in total. The van der Waals surface area contributed by atoms with E-state index in [0.29, 0.717) is 29.2 Å². The Labute approximate surface area is 110 Å². The highest BCUT2D eigenvalue weighted by Gasteiger charge is 2.16. The summed E-state index contributed by atoms with van der Waals surface area (Å²) in [4.78, 5) is 13.6. The lowest BCUT2D eigenvalue weighted by atomic mass is 10.2. The van der Waals surface area contributed by atoms with Gasteiger partial charge in [0.05, 0.1) is 16.1 Å². The Morgan fingerprint density at radius 2 is 2.00 bits per heavy atom. The number of nitrogens with zero attached hydrogens (tertiary/aromatic N) is 3. The standard InChI is InChI=1S/C12H16N4OS/c1-6(2)10-12(16-8(4)18-10)17-9-5-14-7(3)15-11(9)13/h5-6H,1-4H3,(H2,13,14,15). The van der Waals surface area contributed by atoms with Gasteiger partial charge in [0, 0.05) is 0 Å². The maximum atomic E-state index is 5.80. The molecule has 96 valence electrons. The molecule has 0 saturated heterocycles. The molecule has 0 aliphatic carbocycles. The highest BCUT2D eigenvalue weighted by Crippen LogP contribution is 2.35. The lowest BCUT2D eigenvalue weighted by Crippen LogP contribution is -2.00. The molecule has 0 aliphatic rings. The van der Waals surface area contributed by atoms with Gasteiger partial charge in [-0.1, -0.05) is 13.8 Å². The smallest absolute Gasteiger partial charge is 0.234 e. The molecule has 0 saturated carbocycles. The summed E-state index contributed by atoms with van der Waals surface area (Å²) in [6.45, 7) is 7.95. The predicted molar refractivity (Wildman–Crippen MR) is 72.2 cm³/mol. The second-order valence-electron chi connectivity index (χ2n) is 4.33. The van der Waals surface area contributed by atoms with E-state index in [-0.39, 0.29) is 0 Å². The van der Waals surface area contributed by atoms with Crippen molar-refractivity contribution >= 4 is 17.2 Å². The number of ether oxygens (including phenoxy) is 1. The van der Waals surface area contributed by atoms with Crippen molar-refractivity contribution in [3.05, 3.63) is 21.9 Å². The van der Waals surface area contributed by atoms with E-state index >= 15 is 0 Å². The van der Waals surface area contributed by atoms with Crippen molar-refractivity contribution in [1.82, 2.24) is 15.0 Å². The number of thiazole rings is 1. The molecule has 0 amide bonds. The average Bonchev–Trinajstić information content (AvgIpc) is 2.64. The number of aromatic nitrogens is 3. The third-order valence-corrected chi connectivity index (χ3v) is 3.61. The Hall–Kier alpha value is -1.69. The van der Waals surface area contributed by atoms with Crippen molar-refractivity contribution in [2.75, 3.05) is 5.73 Å². The largest absolute Gasteiger partial charge is 0.432 e. The highest BCUT2D eigenvalue weighted by molar-refractivity contribution is 7.11. The van der Waals surface area contributed by atoms with Crippen molar-refractivity contribution in [1.29, 1.82) is 0 Å². The highest BCUT2D eigenvalue weighted by atomic mass is 32.1. The first-order valence-electron chi connectivity index (χ1n) is 5.71. The summed E-state index contributed by atoms with van der Waals surface area (Å²) >= 11 is 1.63. The Morgan fingerprint density at radius 3 is 2.61 bits per heavy atom. The Bertz CT molecular complexity index is 565. The Balaban J connectivity index is 2.33. The lowest BCUT2D eigenvalue weighted by molar-refractivity contribution is 0.455. The summed E-state index contributed by atoms with van der Waals surface area (Å²) in [5, 5.41) is 0.973. The van der Waals surface area contributed by atoms with Crippen LogP contribution in [0.3, 0.4) is 0 Å². The number of hydrogen-bond acceptors (Lipinski definition) is 6. The zero-order valence-corrected chi connectivity index (χ0v) is 11.7. The van der Waals surface area contributed by atoms with Gasteiger partial charge in [0.25, 0.3) is 0 Å². The molecule has 2 aromatic heterocycles. The van der Waals surface area contributed by atoms with Crippen LogP contribution >= 0.6 is 11.3 Å². The summed E-state index contributed by atoms with van der Waals surface area (Å²) < 4.78 is 5.73. The van der Waals surface area contributed by atoms with E-state index in [4.69, 9.17) is 10.5 Å². The summed E-state index contributed by atoms with van der Waals surface area (Å²) in [6, 6.07) is 0. The van der Waals surface area contributed by atoms with E-state index in [1.165, 1.54) is 0 Å². The van der Waals surface area contributed by atoms with Crippen LogP contribution in [0.15, 0.2) is 6.20 Å². The molecule has 2 rings (SSSR count). The van der Waals surface area contributed by atoms with Crippen LogP contribution in [-0.2, 0) is 0 Å². The summed E-state index contributed by atoms with van der Waals surface area (Å²) in [5.74, 6) is 2.37. The van der Waals surface area contributed by atoms with Crippen LogP contribution < -0.4 is 10.5 Å². The fourth-order valence-corrected chi connectivity index (χ4v) is 2.38. The molecule has 0 fully saturated rings. The van der Waals surface area contributed by atoms with Gasteiger partial charge in [-0.15, -0.1) is 11.3 Å². The predicted octanol–water partition coefficient (Wildman–Crippen LogP) is 3.05. The third kappa shape index (κ3) is 2.59. The van der Waals surface area contributed by atoms with Crippen molar-refractivity contribution in [3.63, 3.8) is 0 Å². The normalized spacial score (nSPS) is 10.9. The van der Waals surface area contributed by atoms with Crippen molar-refractivity contribution < 1.29 is 4.74 Å². The number of anilines is 1. The van der Waals surface area contributed by atoms with Gasteiger partial charge in [0.15, 0.2) is 11.6 Å². The van der Waals surface area contributed by atoms with Crippen LogP contribution in [0.1, 0.15) is 35.5 Å². The minimum Gasteiger partial charge on any atom is -0.432 e. The topological polar surface area (TPSA) is 73.9 Å². The van der Waals surface area contributed by atoms with Gasteiger partial charge in [0.2, 0.25) is 5.88 Å². The SMILES string of the molecule is Cc1ncc(Oc2nc(C)sc2C(C)C)c(N)n1. The molecule has 0 aliphatic heterocycles. The van der Waals surface area contributed by atoms with Crippen molar-refractivity contribution in [3.8, 4) is 11.6 Å². The molecule has 0 bridgehead atoms. The summed E-state index contributed by atoms with van der Waals surface area (Å²) in [5.41, 5.74) is 5.80. The fraction of sp³-hybridized carbons (Fsp3) is 0.417. The summed E-state index contributed by atoms with van der Waals surface area (Å²) in [6.07, 6.45) is 1.58. The molecule has 6 heteroatoms. The molecule has 0 aromatic carbocycles. The Kier molecular flexibility index (Phi) is 3.47. The summed E-state index contributed by atoms with van der Waals surface area (Å²) in [7, 11) is 0. The minimum absolute atomic E-state index is 0.336. The van der Waals surface area contributed by atoms with Crippen molar-refractivity contribution in [2.45, 2.75) is 33.6 Å². The number of aryl methyl sites for hydroxylation is 2. The number of nitrogens with two attached hydrogens (primary N) is 1.